The highest BCUT2D eigenvalue weighted by Gasteiger charge is 2.19. The molecule has 0 radical (unpaired) electrons. The Bertz CT molecular complexity index is 603. The molecule has 2 aromatic carbocycles. The molecule has 4 heteroatoms. The highest BCUT2D eigenvalue weighted by atomic mass is 16.6. The molecule has 0 aromatic heterocycles. The lowest BCUT2D eigenvalue weighted by Gasteiger charge is -2.09. The van der Waals surface area contributed by atoms with Crippen LogP contribution in [0.3, 0.4) is 0 Å². The van der Waals surface area contributed by atoms with Crippen LogP contribution in [0.1, 0.15) is 11.1 Å². The topological polar surface area (TPSA) is 63.4 Å². The first-order valence-corrected chi connectivity index (χ1v) is 5.54. The number of phenols is 1. The van der Waals surface area contributed by atoms with Crippen LogP contribution in [0.5, 0.6) is 5.75 Å². The number of nitro benzene ring substituents is 1. The Balaban J connectivity index is 2.71. The number of nitrogens with zero attached hydrogens (tertiary/aromatic N) is 1. The number of aromatic hydroxyl groups is 1. The SMILES string of the molecule is Cc1ccc(-c2c([N+](=O)[O-])ccc(O)c2C)cc1. The summed E-state index contributed by atoms with van der Waals surface area (Å²) < 4.78 is 0. The fraction of sp³-hybridized carbons (Fsp3) is 0.143. The number of benzene rings is 2. The second kappa shape index (κ2) is 4.49. The Labute approximate surface area is 105 Å². The van der Waals surface area contributed by atoms with Crippen molar-refractivity contribution in [3.8, 4) is 16.9 Å². The number of hydrogen-bond acceptors (Lipinski definition) is 3. The summed E-state index contributed by atoms with van der Waals surface area (Å²) in [5.41, 5.74) is 2.82. The minimum Gasteiger partial charge on any atom is -0.508 e. The molecule has 2 rings (SSSR count). The van der Waals surface area contributed by atoms with Crippen LogP contribution in [0.2, 0.25) is 0 Å². The molecule has 0 amide bonds. The van der Waals surface area contributed by atoms with Crippen molar-refractivity contribution in [1.29, 1.82) is 0 Å². The largest absolute Gasteiger partial charge is 0.508 e. The van der Waals surface area contributed by atoms with Crippen molar-refractivity contribution in [2.75, 3.05) is 0 Å². The van der Waals surface area contributed by atoms with Gasteiger partial charge in [-0.2, -0.15) is 0 Å². The van der Waals surface area contributed by atoms with E-state index in [0.717, 1.165) is 11.1 Å². The van der Waals surface area contributed by atoms with Gasteiger partial charge in [0.25, 0.3) is 5.69 Å². The minimum absolute atomic E-state index is 0.00848. The van der Waals surface area contributed by atoms with Crippen molar-refractivity contribution in [3.05, 3.63) is 57.6 Å². The molecule has 92 valence electrons. The zero-order chi connectivity index (χ0) is 13.3. The Morgan fingerprint density at radius 1 is 1.06 bits per heavy atom. The van der Waals surface area contributed by atoms with Crippen molar-refractivity contribution in [3.63, 3.8) is 0 Å². The summed E-state index contributed by atoms with van der Waals surface area (Å²) in [6.07, 6.45) is 0. The van der Waals surface area contributed by atoms with E-state index in [-0.39, 0.29) is 11.4 Å². The van der Waals surface area contributed by atoms with Gasteiger partial charge >= 0.3 is 0 Å². The normalized spacial score (nSPS) is 10.3. The van der Waals surface area contributed by atoms with Crippen LogP contribution in [0.25, 0.3) is 11.1 Å². The van der Waals surface area contributed by atoms with Gasteiger partial charge in [-0.25, -0.2) is 0 Å². The van der Waals surface area contributed by atoms with Gasteiger partial charge < -0.3 is 5.11 Å². The molecule has 0 fully saturated rings. The van der Waals surface area contributed by atoms with E-state index in [4.69, 9.17) is 0 Å². The van der Waals surface area contributed by atoms with Crippen LogP contribution in [-0.4, -0.2) is 10.0 Å². The molecule has 18 heavy (non-hydrogen) atoms. The maximum atomic E-state index is 11.0. The molecule has 0 atom stereocenters. The molecule has 0 spiro atoms. The zero-order valence-corrected chi connectivity index (χ0v) is 10.2. The summed E-state index contributed by atoms with van der Waals surface area (Å²) in [5.74, 6) is 0.0659. The number of rotatable bonds is 2. The highest BCUT2D eigenvalue weighted by Crippen LogP contribution is 2.37. The number of phenolic OH excluding ortho intramolecular Hbond substituents is 1. The predicted octanol–water partition coefficient (Wildman–Crippen LogP) is 3.58. The standard InChI is InChI=1S/C14H13NO3/c1-9-3-5-11(6-4-9)14-10(2)13(16)8-7-12(14)15(17)18/h3-8,16H,1-2H3. The Hall–Kier alpha value is -2.36. The van der Waals surface area contributed by atoms with E-state index in [1.165, 1.54) is 12.1 Å². The third kappa shape index (κ3) is 2.05. The summed E-state index contributed by atoms with van der Waals surface area (Å²) in [5, 5.41) is 20.7. The Morgan fingerprint density at radius 3 is 2.22 bits per heavy atom. The monoisotopic (exact) mass is 243 g/mol. The number of hydrogen-bond donors (Lipinski definition) is 1. The predicted molar refractivity (Wildman–Crippen MR) is 69.7 cm³/mol. The maximum absolute atomic E-state index is 11.0. The first-order chi connectivity index (χ1) is 8.50. The van der Waals surface area contributed by atoms with Crippen LogP contribution in [0, 0.1) is 24.0 Å². The summed E-state index contributed by atoms with van der Waals surface area (Å²) in [6.45, 7) is 3.63. The van der Waals surface area contributed by atoms with E-state index in [2.05, 4.69) is 0 Å². The lowest BCUT2D eigenvalue weighted by atomic mass is 9.97. The van der Waals surface area contributed by atoms with Crippen molar-refractivity contribution >= 4 is 5.69 Å². The van der Waals surface area contributed by atoms with Crippen molar-refractivity contribution in [2.24, 2.45) is 0 Å². The van der Waals surface area contributed by atoms with Crippen LogP contribution in [0.15, 0.2) is 36.4 Å². The maximum Gasteiger partial charge on any atom is 0.277 e. The van der Waals surface area contributed by atoms with Crippen molar-refractivity contribution in [2.45, 2.75) is 13.8 Å². The molecule has 0 unspecified atom stereocenters. The lowest BCUT2D eigenvalue weighted by Crippen LogP contribution is -1.94. The van der Waals surface area contributed by atoms with E-state index in [0.29, 0.717) is 11.1 Å². The smallest absolute Gasteiger partial charge is 0.277 e. The molecule has 0 saturated carbocycles. The van der Waals surface area contributed by atoms with Gasteiger partial charge in [-0.1, -0.05) is 29.8 Å². The van der Waals surface area contributed by atoms with Gasteiger partial charge in [0.15, 0.2) is 0 Å². The van der Waals surface area contributed by atoms with Gasteiger partial charge in [0.05, 0.1) is 10.5 Å². The minimum atomic E-state index is -0.429. The second-order valence-electron chi connectivity index (χ2n) is 4.23. The van der Waals surface area contributed by atoms with Gasteiger partial charge in [-0.05, 0) is 25.5 Å². The van der Waals surface area contributed by atoms with Gasteiger partial charge in [0, 0.05) is 11.6 Å². The Morgan fingerprint density at radius 2 is 1.67 bits per heavy atom. The van der Waals surface area contributed by atoms with E-state index in [9.17, 15) is 15.2 Å². The van der Waals surface area contributed by atoms with E-state index >= 15 is 0 Å². The summed E-state index contributed by atoms with van der Waals surface area (Å²) in [4.78, 5) is 10.6. The number of nitro groups is 1. The lowest BCUT2D eigenvalue weighted by molar-refractivity contribution is -0.384. The van der Waals surface area contributed by atoms with E-state index in [1.807, 2.05) is 31.2 Å². The molecular formula is C14H13NO3. The summed E-state index contributed by atoms with van der Waals surface area (Å²) in [6, 6.07) is 10.1. The van der Waals surface area contributed by atoms with Gasteiger partial charge in [-0.15, -0.1) is 0 Å². The van der Waals surface area contributed by atoms with E-state index in [1.54, 1.807) is 6.92 Å². The molecule has 2 aromatic rings. The molecule has 0 heterocycles. The number of aryl methyl sites for hydroxylation is 1. The molecule has 1 N–H and O–H groups in total. The average Bonchev–Trinajstić information content (AvgIpc) is 2.33. The fourth-order valence-electron chi connectivity index (χ4n) is 1.92. The van der Waals surface area contributed by atoms with Crippen LogP contribution in [0.4, 0.5) is 5.69 Å². The molecule has 0 aliphatic rings. The first kappa shape index (κ1) is 12.1. The second-order valence-corrected chi connectivity index (χ2v) is 4.23. The molecule has 0 bridgehead atoms. The molecule has 0 aliphatic heterocycles. The summed E-state index contributed by atoms with van der Waals surface area (Å²) in [7, 11) is 0. The third-order valence-corrected chi connectivity index (χ3v) is 2.95. The summed E-state index contributed by atoms with van der Waals surface area (Å²) >= 11 is 0. The molecule has 4 nitrogen and oxygen atoms in total. The Kier molecular flexibility index (Phi) is 3.02. The van der Waals surface area contributed by atoms with Gasteiger partial charge in [0.1, 0.15) is 5.75 Å². The van der Waals surface area contributed by atoms with Crippen LogP contribution < -0.4 is 0 Å². The highest BCUT2D eigenvalue weighted by molar-refractivity contribution is 5.78. The first-order valence-electron chi connectivity index (χ1n) is 5.54. The zero-order valence-electron chi connectivity index (χ0n) is 10.2. The van der Waals surface area contributed by atoms with Crippen LogP contribution >= 0.6 is 0 Å². The van der Waals surface area contributed by atoms with E-state index < -0.39 is 4.92 Å². The van der Waals surface area contributed by atoms with Gasteiger partial charge in [0.2, 0.25) is 0 Å². The van der Waals surface area contributed by atoms with Crippen molar-refractivity contribution < 1.29 is 10.0 Å². The molecular weight excluding hydrogens is 230 g/mol. The average molecular weight is 243 g/mol. The molecule has 0 saturated heterocycles. The van der Waals surface area contributed by atoms with Crippen molar-refractivity contribution in [1.82, 2.24) is 0 Å². The third-order valence-electron chi connectivity index (χ3n) is 2.95. The van der Waals surface area contributed by atoms with Crippen LogP contribution in [-0.2, 0) is 0 Å². The van der Waals surface area contributed by atoms with Gasteiger partial charge in [-0.3, -0.25) is 10.1 Å². The molecule has 0 aliphatic carbocycles. The fourth-order valence-corrected chi connectivity index (χ4v) is 1.92. The quantitative estimate of drug-likeness (QED) is 0.647.